The normalized spacial score (nSPS) is 12.0. The van der Waals surface area contributed by atoms with Gasteiger partial charge in [0.05, 0.1) is 25.0 Å². The fourth-order valence-electron chi connectivity index (χ4n) is 3.12. The summed E-state index contributed by atoms with van der Waals surface area (Å²) in [5.41, 5.74) is 2.62. The number of hydrogen-bond acceptors (Lipinski definition) is 6. The molecule has 2 N–H and O–H groups in total. The lowest BCUT2D eigenvalue weighted by Gasteiger charge is -2.15. The van der Waals surface area contributed by atoms with Crippen LogP contribution in [0.1, 0.15) is 18.5 Å². The molecule has 0 aliphatic heterocycles. The van der Waals surface area contributed by atoms with Crippen molar-refractivity contribution in [3.63, 3.8) is 0 Å². The number of benzene rings is 1. The van der Waals surface area contributed by atoms with Gasteiger partial charge in [-0.3, -0.25) is 9.78 Å². The molecule has 0 saturated carbocycles. The Kier molecular flexibility index (Phi) is 5.14. The zero-order valence-electron chi connectivity index (χ0n) is 15.8. The van der Waals surface area contributed by atoms with Gasteiger partial charge in [0.15, 0.2) is 0 Å². The first-order valence-electron chi connectivity index (χ1n) is 8.95. The number of fused-ring (bicyclic) bond motifs is 1. The molecule has 1 atom stereocenters. The number of ether oxygens (including phenoxy) is 1. The molecule has 0 fully saturated rings. The smallest absolute Gasteiger partial charge is 0.253 e. The second kappa shape index (κ2) is 7.89. The molecule has 4 rings (SSSR count). The molecule has 0 aliphatic rings. The Labute approximate surface area is 171 Å². The first-order chi connectivity index (χ1) is 14.0. The van der Waals surface area contributed by atoms with Gasteiger partial charge in [-0.05, 0) is 43.3 Å². The topological polar surface area (TPSA) is 92.8 Å². The van der Waals surface area contributed by atoms with Gasteiger partial charge in [0.25, 0.3) is 5.56 Å². The van der Waals surface area contributed by atoms with Crippen molar-refractivity contribution in [2.45, 2.75) is 13.0 Å². The zero-order valence-corrected chi connectivity index (χ0v) is 16.6. The van der Waals surface area contributed by atoms with Gasteiger partial charge in [-0.15, -0.1) is 0 Å². The minimum Gasteiger partial charge on any atom is -0.494 e. The maximum Gasteiger partial charge on any atom is 0.253 e. The standard InChI is InChI=1S/C21H18ClN5O2/c1-12(16-10-13-9-14(22)3-4-17(13)26-20(16)28)25-21-24-8-6-18(27-21)15-5-7-23-11-19(15)29-2/h3-12H,1-2H3,(H,26,28)(H,24,25,27). The van der Waals surface area contributed by atoms with Crippen molar-refractivity contribution in [3.8, 4) is 17.0 Å². The Bertz CT molecular complexity index is 1240. The number of aromatic nitrogens is 4. The maximum atomic E-state index is 12.5. The van der Waals surface area contributed by atoms with Crippen LogP contribution >= 0.6 is 11.6 Å². The van der Waals surface area contributed by atoms with Crippen LogP contribution in [-0.4, -0.2) is 27.0 Å². The Morgan fingerprint density at radius 1 is 1.17 bits per heavy atom. The summed E-state index contributed by atoms with van der Waals surface area (Å²) in [6.07, 6.45) is 4.96. The minimum atomic E-state index is -0.322. The van der Waals surface area contributed by atoms with E-state index in [0.29, 0.717) is 28.0 Å². The third-order valence-electron chi connectivity index (χ3n) is 4.58. The highest BCUT2D eigenvalue weighted by Crippen LogP contribution is 2.28. The molecule has 29 heavy (non-hydrogen) atoms. The first-order valence-corrected chi connectivity index (χ1v) is 9.33. The predicted octanol–water partition coefficient (Wildman–Crippen LogP) is 4.22. The van der Waals surface area contributed by atoms with Crippen LogP contribution in [0.15, 0.2) is 59.8 Å². The summed E-state index contributed by atoms with van der Waals surface area (Å²) in [5.74, 6) is 1.02. The predicted molar refractivity (Wildman–Crippen MR) is 113 cm³/mol. The lowest BCUT2D eigenvalue weighted by molar-refractivity contribution is 0.414. The average Bonchev–Trinajstić information content (AvgIpc) is 2.73. The van der Waals surface area contributed by atoms with Crippen LogP contribution in [0, 0.1) is 0 Å². The van der Waals surface area contributed by atoms with Gasteiger partial charge in [-0.25, -0.2) is 9.97 Å². The quantitative estimate of drug-likeness (QED) is 0.514. The molecule has 0 aliphatic carbocycles. The average molecular weight is 408 g/mol. The summed E-state index contributed by atoms with van der Waals surface area (Å²) < 4.78 is 5.36. The number of pyridine rings is 2. The van der Waals surface area contributed by atoms with Gasteiger partial charge in [0, 0.05) is 39.4 Å². The van der Waals surface area contributed by atoms with E-state index in [0.717, 1.165) is 16.5 Å². The monoisotopic (exact) mass is 407 g/mol. The Morgan fingerprint density at radius 3 is 2.86 bits per heavy atom. The van der Waals surface area contributed by atoms with Gasteiger partial charge in [0.2, 0.25) is 5.95 Å². The van der Waals surface area contributed by atoms with Crippen molar-refractivity contribution < 1.29 is 4.74 Å². The van der Waals surface area contributed by atoms with Gasteiger partial charge in [0.1, 0.15) is 5.75 Å². The molecule has 7 nitrogen and oxygen atoms in total. The second-order valence-electron chi connectivity index (χ2n) is 6.49. The van der Waals surface area contributed by atoms with E-state index in [4.69, 9.17) is 16.3 Å². The van der Waals surface area contributed by atoms with E-state index in [1.807, 2.05) is 25.1 Å². The number of methoxy groups -OCH3 is 1. The number of anilines is 1. The molecule has 4 aromatic rings. The number of nitrogens with zero attached hydrogens (tertiary/aromatic N) is 3. The SMILES string of the molecule is COc1cnccc1-c1ccnc(NC(C)c2cc3cc(Cl)ccc3[nH]c2=O)n1. The van der Waals surface area contributed by atoms with Crippen LogP contribution in [0.3, 0.4) is 0 Å². The number of aromatic amines is 1. The van der Waals surface area contributed by atoms with Crippen molar-refractivity contribution in [2.75, 3.05) is 12.4 Å². The third-order valence-corrected chi connectivity index (χ3v) is 4.82. The largest absolute Gasteiger partial charge is 0.494 e. The number of halogens is 1. The summed E-state index contributed by atoms with van der Waals surface area (Å²) in [6, 6.07) is 10.5. The third kappa shape index (κ3) is 3.90. The molecule has 0 spiro atoms. The van der Waals surface area contributed by atoms with Crippen LogP contribution in [0.4, 0.5) is 5.95 Å². The fraction of sp³-hybridized carbons (Fsp3) is 0.143. The van der Waals surface area contributed by atoms with Crippen LogP contribution in [0.2, 0.25) is 5.02 Å². The van der Waals surface area contributed by atoms with Gasteiger partial charge in [-0.1, -0.05) is 11.6 Å². The van der Waals surface area contributed by atoms with Crippen LogP contribution in [0.25, 0.3) is 22.2 Å². The summed E-state index contributed by atoms with van der Waals surface area (Å²) in [6.45, 7) is 1.88. The van der Waals surface area contributed by atoms with Gasteiger partial charge < -0.3 is 15.0 Å². The molecular formula is C21H18ClN5O2. The van der Waals surface area contributed by atoms with E-state index in [2.05, 4.69) is 25.3 Å². The minimum absolute atomic E-state index is 0.174. The molecule has 3 heterocycles. The Morgan fingerprint density at radius 2 is 2.03 bits per heavy atom. The molecular weight excluding hydrogens is 390 g/mol. The highest BCUT2D eigenvalue weighted by molar-refractivity contribution is 6.31. The van der Waals surface area contributed by atoms with Gasteiger partial charge >= 0.3 is 0 Å². The van der Waals surface area contributed by atoms with Crippen molar-refractivity contribution in [1.82, 2.24) is 19.9 Å². The highest BCUT2D eigenvalue weighted by Gasteiger charge is 2.14. The maximum absolute atomic E-state index is 12.5. The molecule has 0 amide bonds. The summed E-state index contributed by atoms with van der Waals surface area (Å²) in [7, 11) is 1.58. The van der Waals surface area contributed by atoms with Crippen molar-refractivity contribution in [2.24, 2.45) is 0 Å². The highest BCUT2D eigenvalue weighted by atomic mass is 35.5. The molecule has 0 radical (unpaired) electrons. The van der Waals surface area contributed by atoms with Crippen molar-refractivity contribution >= 4 is 28.5 Å². The van der Waals surface area contributed by atoms with E-state index in [1.54, 1.807) is 43.9 Å². The van der Waals surface area contributed by atoms with E-state index in [9.17, 15) is 4.79 Å². The van der Waals surface area contributed by atoms with E-state index < -0.39 is 0 Å². The van der Waals surface area contributed by atoms with Crippen molar-refractivity contribution in [1.29, 1.82) is 0 Å². The number of nitrogens with one attached hydrogen (secondary N) is 2. The fourth-order valence-corrected chi connectivity index (χ4v) is 3.30. The Hall–Kier alpha value is -3.45. The van der Waals surface area contributed by atoms with E-state index in [1.165, 1.54) is 0 Å². The molecule has 3 aromatic heterocycles. The molecule has 146 valence electrons. The number of hydrogen-bond donors (Lipinski definition) is 2. The van der Waals surface area contributed by atoms with E-state index in [-0.39, 0.29) is 11.6 Å². The van der Waals surface area contributed by atoms with Crippen molar-refractivity contribution in [3.05, 3.63) is 75.9 Å². The molecule has 0 bridgehead atoms. The molecule has 1 aromatic carbocycles. The molecule has 8 heteroatoms. The Balaban J connectivity index is 1.65. The zero-order chi connectivity index (χ0) is 20.4. The van der Waals surface area contributed by atoms with Gasteiger partial charge in [-0.2, -0.15) is 0 Å². The van der Waals surface area contributed by atoms with Crippen LogP contribution in [0.5, 0.6) is 5.75 Å². The van der Waals surface area contributed by atoms with E-state index >= 15 is 0 Å². The summed E-state index contributed by atoms with van der Waals surface area (Å²) >= 11 is 6.08. The lowest BCUT2D eigenvalue weighted by Crippen LogP contribution is -2.20. The van der Waals surface area contributed by atoms with Crippen LogP contribution in [-0.2, 0) is 0 Å². The number of rotatable bonds is 5. The number of H-pyrrole nitrogens is 1. The molecule has 1 unspecified atom stereocenters. The lowest BCUT2D eigenvalue weighted by atomic mass is 10.1. The summed E-state index contributed by atoms with van der Waals surface area (Å²) in [4.78, 5) is 28.3. The second-order valence-corrected chi connectivity index (χ2v) is 6.93. The summed E-state index contributed by atoms with van der Waals surface area (Å²) in [5, 5.41) is 4.66. The molecule has 0 saturated heterocycles. The van der Waals surface area contributed by atoms with Crippen LogP contribution < -0.4 is 15.6 Å². The first kappa shape index (κ1) is 18.9.